The second-order valence-corrected chi connectivity index (χ2v) is 3.28. The Bertz CT molecular complexity index is 524. The quantitative estimate of drug-likeness (QED) is 0.734. The number of hydrogen-bond donors (Lipinski definition) is 2. The van der Waals surface area contributed by atoms with Crippen LogP contribution in [0.3, 0.4) is 0 Å². The van der Waals surface area contributed by atoms with E-state index in [1.807, 2.05) is 6.92 Å². The summed E-state index contributed by atoms with van der Waals surface area (Å²) in [5.74, 6) is 2.79. The number of nitrogens with zero attached hydrogens (tertiary/aromatic N) is 1. The average Bonchev–Trinajstić information content (AvgIpc) is 2.59. The SMILES string of the molecule is C#CC(C)Nc1nc2ccc(F)cc2[nH]1. The van der Waals surface area contributed by atoms with Gasteiger partial charge in [-0.3, -0.25) is 0 Å². The number of halogens is 1. The van der Waals surface area contributed by atoms with E-state index < -0.39 is 0 Å². The largest absolute Gasteiger partial charge is 0.342 e. The molecule has 0 aliphatic rings. The standard InChI is InChI=1S/C11H10FN3/c1-3-7(2)13-11-14-9-5-4-8(12)6-10(9)15-11/h1,4-7H,2H3,(H2,13,14,15). The van der Waals surface area contributed by atoms with E-state index in [-0.39, 0.29) is 11.9 Å². The van der Waals surface area contributed by atoms with Gasteiger partial charge < -0.3 is 10.3 Å². The average molecular weight is 203 g/mol. The maximum atomic E-state index is 12.9. The van der Waals surface area contributed by atoms with E-state index >= 15 is 0 Å². The summed E-state index contributed by atoms with van der Waals surface area (Å²) >= 11 is 0. The molecule has 0 aliphatic heterocycles. The number of nitrogens with one attached hydrogen (secondary N) is 2. The molecule has 3 nitrogen and oxygen atoms in total. The third-order valence-corrected chi connectivity index (χ3v) is 2.05. The van der Waals surface area contributed by atoms with Crippen molar-refractivity contribution in [3.8, 4) is 12.3 Å². The molecular weight excluding hydrogens is 193 g/mol. The lowest BCUT2D eigenvalue weighted by Gasteiger charge is -2.03. The molecule has 1 aromatic heterocycles. The predicted molar refractivity (Wildman–Crippen MR) is 58.0 cm³/mol. The van der Waals surface area contributed by atoms with Crippen LogP contribution in [0.5, 0.6) is 0 Å². The van der Waals surface area contributed by atoms with Crippen molar-refractivity contribution in [1.29, 1.82) is 0 Å². The molecule has 76 valence electrons. The first-order valence-corrected chi connectivity index (χ1v) is 4.57. The van der Waals surface area contributed by atoms with Crippen molar-refractivity contribution in [1.82, 2.24) is 9.97 Å². The van der Waals surface area contributed by atoms with E-state index in [4.69, 9.17) is 6.42 Å². The first kappa shape index (κ1) is 9.53. The van der Waals surface area contributed by atoms with Gasteiger partial charge in [0.25, 0.3) is 0 Å². The summed E-state index contributed by atoms with van der Waals surface area (Å²) in [6, 6.07) is 4.27. The van der Waals surface area contributed by atoms with Crippen molar-refractivity contribution in [2.45, 2.75) is 13.0 Å². The fraction of sp³-hybridized carbons (Fsp3) is 0.182. The van der Waals surface area contributed by atoms with Crippen LogP contribution in [0.15, 0.2) is 18.2 Å². The van der Waals surface area contributed by atoms with E-state index in [1.165, 1.54) is 12.1 Å². The van der Waals surface area contributed by atoms with E-state index in [2.05, 4.69) is 21.2 Å². The summed E-state index contributed by atoms with van der Waals surface area (Å²) < 4.78 is 12.9. The zero-order chi connectivity index (χ0) is 10.8. The monoisotopic (exact) mass is 203 g/mol. The number of benzene rings is 1. The molecular formula is C11H10FN3. The van der Waals surface area contributed by atoms with Gasteiger partial charge in [0.1, 0.15) is 5.82 Å². The smallest absolute Gasteiger partial charge is 0.202 e. The van der Waals surface area contributed by atoms with Crippen LogP contribution in [-0.4, -0.2) is 16.0 Å². The highest BCUT2D eigenvalue weighted by Crippen LogP contribution is 2.15. The highest BCUT2D eigenvalue weighted by Gasteiger charge is 2.04. The zero-order valence-electron chi connectivity index (χ0n) is 8.21. The number of H-pyrrole nitrogens is 1. The molecule has 0 spiro atoms. The fourth-order valence-electron chi connectivity index (χ4n) is 1.30. The summed E-state index contributed by atoms with van der Waals surface area (Å²) in [4.78, 5) is 7.16. The number of fused-ring (bicyclic) bond motifs is 1. The van der Waals surface area contributed by atoms with Crippen molar-refractivity contribution in [3.05, 3.63) is 24.0 Å². The lowest BCUT2D eigenvalue weighted by Crippen LogP contribution is -2.12. The van der Waals surface area contributed by atoms with Gasteiger partial charge in [0.15, 0.2) is 0 Å². The molecule has 2 rings (SSSR count). The number of anilines is 1. The Morgan fingerprint density at radius 2 is 2.40 bits per heavy atom. The van der Waals surface area contributed by atoms with E-state index in [1.54, 1.807) is 6.07 Å². The number of terminal acetylenes is 1. The van der Waals surface area contributed by atoms with E-state index in [0.29, 0.717) is 17.0 Å². The van der Waals surface area contributed by atoms with Gasteiger partial charge in [-0.25, -0.2) is 9.37 Å². The van der Waals surface area contributed by atoms with Crippen LogP contribution in [0.4, 0.5) is 10.3 Å². The molecule has 0 amide bonds. The van der Waals surface area contributed by atoms with Crippen molar-refractivity contribution in [3.63, 3.8) is 0 Å². The van der Waals surface area contributed by atoms with Gasteiger partial charge in [-0.1, -0.05) is 5.92 Å². The maximum absolute atomic E-state index is 12.9. The first-order valence-electron chi connectivity index (χ1n) is 4.57. The van der Waals surface area contributed by atoms with Crippen molar-refractivity contribution >= 4 is 17.0 Å². The summed E-state index contributed by atoms with van der Waals surface area (Å²) in [5.41, 5.74) is 1.37. The molecule has 2 aromatic rings. The normalized spacial score (nSPS) is 12.3. The summed E-state index contributed by atoms with van der Waals surface area (Å²) in [7, 11) is 0. The van der Waals surface area contributed by atoms with Crippen molar-refractivity contribution in [2.75, 3.05) is 5.32 Å². The molecule has 2 N–H and O–H groups in total. The maximum Gasteiger partial charge on any atom is 0.202 e. The molecule has 4 heteroatoms. The van der Waals surface area contributed by atoms with Gasteiger partial charge in [-0.15, -0.1) is 6.42 Å². The van der Waals surface area contributed by atoms with E-state index in [0.717, 1.165) is 0 Å². The molecule has 0 fully saturated rings. The lowest BCUT2D eigenvalue weighted by atomic mass is 10.3. The number of hydrogen-bond acceptors (Lipinski definition) is 2. The predicted octanol–water partition coefficient (Wildman–Crippen LogP) is 2.14. The molecule has 0 radical (unpaired) electrons. The lowest BCUT2D eigenvalue weighted by molar-refractivity contribution is 0.629. The molecule has 1 unspecified atom stereocenters. The Morgan fingerprint density at radius 1 is 1.60 bits per heavy atom. The van der Waals surface area contributed by atoms with Crippen LogP contribution in [0.2, 0.25) is 0 Å². The van der Waals surface area contributed by atoms with Crippen LogP contribution in [0, 0.1) is 18.2 Å². The second kappa shape index (κ2) is 3.62. The van der Waals surface area contributed by atoms with Gasteiger partial charge in [0.05, 0.1) is 17.1 Å². The van der Waals surface area contributed by atoms with Gasteiger partial charge in [-0.2, -0.15) is 0 Å². The molecule has 0 bridgehead atoms. The molecule has 1 atom stereocenters. The Balaban J connectivity index is 2.35. The Labute approximate surface area is 86.7 Å². The molecule has 1 heterocycles. The molecule has 0 aliphatic carbocycles. The van der Waals surface area contributed by atoms with Crippen LogP contribution < -0.4 is 5.32 Å². The van der Waals surface area contributed by atoms with Crippen LogP contribution in [0.1, 0.15) is 6.92 Å². The summed E-state index contributed by atoms with van der Waals surface area (Å²) in [6.07, 6.45) is 5.22. The van der Waals surface area contributed by atoms with Gasteiger partial charge in [0.2, 0.25) is 5.95 Å². The zero-order valence-corrected chi connectivity index (χ0v) is 8.21. The Morgan fingerprint density at radius 3 is 3.13 bits per heavy atom. The minimum atomic E-state index is -0.289. The summed E-state index contributed by atoms with van der Waals surface area (Å²) in [6.45, 7) is 1.84. The highest BCUT2D eigenvalue weighted by atomic mass is 19.1. The van der Waals surface area contributed by atoms with Crippen molar-refractivity contribution < 1.29 is 4.39 Å². The van der Waals surface area contributed by atoms with Crippen LogP contribution in [0.25, 0.3) is 11.0 Å². The molecule has 0 saturated heterocycles. The highest BCUT2D eigenvalue weighted by molar-refractivity contribution is 5.77. The second-order valence-electron chi connectivity index (χ2n) is 3.28. The topological polar surface area (TPSA) is 40.7 Å². The van der Waals surface area contributed by atoms with Gasteiger partial charge in [-0.05, 0) is 25.1 Å². The third kappa shape index (κ3) is 1.91. The fourth-order valence-corrected chi connectivity index (χ4v) is 1.30. The minimum Gasteiger partial charge on any atom is -0.342 e. The third-order valence-electron chi connectivity index (χ3n) is 2.05. The molecule has 0 saturated carbocycles. The summed E-state index contributed by atoms with van der Waals surface area (Å²) in [5, 5.41) is 2.98. The van der Waals surface area contributed by atoms with Crippen molar-refractivity contribution in [2.24, 2.45) is 0 Å². The Hall–Kier alpha value is -2.02. The van der Waals surface area contributed by atoms with Gasteiger partial charge >= 0.3 is 0 Å². The minimum absolute atomic E-state index is 0.115. The molecule has 1 aromatic carbocycles. The number of aromatic nitrogens is 2. The Kier molecular flexibility index (Phi) is 2.30. The van der Waals surface area contributed by atoms with Crippen LogP contribution >= 0.6 is 0 Å². The number of rotatable bonds is 2. The molecule has 15 heavy (non-hydrogen) atoms. The number of imidazole rings is 1. The first-order chi connectivity index (χ1) is 7.19. The number of aromatic amines is 1. The van der Waals surface area contributed by atoms with Gasteiger partial charge in [0, 0.05) is 0 Å². The van der Waals surface area contributed by atoms with E-state index in [9.17, 15) is 4.39 Å². The van der Waals surface area contributed by atoms with Crippen LogP contribution in [-0.2, 0) is 0 Å².